The lowest BCUT2D eigenvalue weighted by molar-refractivity contribution is -0.125. The molecule has 1 atom stereocenters. The Morgan fingerprint density at radius 2 is 2.14 bits per heavy atom. The molecule has 1 aromatic rings. The number of aromatic nitrogens is 1. The Hall–Kier alpha value is -1.78. The van der Waals surface area contributed by atoms with Crippen LogP contribution in [0.3, 0.4) is 0 Å². The number of rotatable bonds is 5. The van der Waals surface area contributed by atoms with Gasteiger partial charge in [-0.05, 0) is 31.4 Å². The molecule has 116 valence electrons. The van der Waals surface area contributed by atoms with Crippen molar-refractivity contribution in [1.82, 2.24) is 9.88 Å². The fourth-order valence-electron chi connectivity index (χ4n) is 2.94. The zero-order valence-electron chi connectivity index (χ0n) is 12.8. The first-order valence-electron chi connectivity index (χ1n) is 7.73. The van der Waals surface area contributed by atoms with E-state index in [4.69, 9.17) is 4.74 Å². The second kappa shape index (κ2) is 7.29. The van der Waals surface area contributed by atoms with Crippen LogP contribution in [0.4, 0.5) is 0 Å². The predicted molar refractivity (Wildman–Crippen MR) is 81.6 cm³/mol. The van der Waals surface area contributed by atoms with E-state index in [0.29, 0.717) is 6.42 Å². The van der Waals surface area contributed by atoms with Crippen molar-refractivity contribution in [2.75, 3.05) is 7.11 Å². The molecule has 0 saturated heterocycles. The van der Waals surface area contributed by atoms with Crippen LogP contribution in [0.1, 0.15) is 51.5 Å². The van der Waals surface area contributed by atoms with Gasteiger partial charge in [0.2, 0.25) is 5.91 Å². The monoisotopic (exact) mass is 292 g/mol. The van der Waals surface area contributed by atoms with Crippen LogP contribution in [0.15, 0.2) is 23.1 Å². The lowest BCUT2D eigenvalue weighted by Gasteiger charge is -2.26. The first kappa shape index (κ1) is 15.6. The quantitative estimate of drug-likeness (QED) is 0.905. The molecule has 2 rings (SSSR count). The van der Waals surface area contributed by atoms with Crippen molar-refractivity contribution in [2.24, 2.45) is 0 Å². The van der Waals surface area contributed by atoms with Gasteiger partial charge >= 0.3 is 0 Å². The Labute approximate surface area is 125 Å². The molecule has 0 spiro atoms. The van der Waals surface area contributed by atoms with Crippen LogP contribution in [-0.2, 0) is 4.79 Å². The highest BCUT2D eigenvalue weighted by Gasteiger charge is 2.24. The lowest BCUT2D eigenvalue weighted by atomic mass is 9.95. The van der Waals surface area contributed by atoms with Crippen LogP contribution in [0.5, 0.6) is 5.75 Å². The van der Waals surface area contributed by atoms with E-state index >= 15 is 0 Å². The third kappa shape index (κ3) is 3.65. The van der Waals surface area contributed by atoms with Gasteiger partial charge in [-0.25, -0.2) is 0 Å². The molecule has 5 nitrogen and oxygen atoms in total. The Bertz CT molecular complexity index is 533. The third-order valence-corrected chi connectivity index (χ3v) is 4.14. The van der Waals surface area contributed by atoms with Gasteiger partial charge in [-0.3, -0.25) is 14.2 Å². The van der Waals surface area contributed by atoms with Gasteiger partial charge in [-0.2, -0.15) is 0 Å². The molecule has 0 aliphatic heterocycles. The molecule has 1 aromatic heterocycles. The highest BCUT2D eigenvalue weighted by molar-refractivity contribution is 5.80. The van der Waals surface area contributed by atoms with Crippen molar-refractivity contribution >= 4 is 5.91 Å². The fourth-order valence-corrected chi connectivity index (χ4v) is 2.94. The average molecular weight is 292 g/mol. The first-order chi connectivity index (χ1) is 10.2. The van der Waals surface area contributed by atoms with E-state index in [2.05, 4.69) is 5.32 Å². The number of methoxy groups -OCH3 is 1. The summed E-state index contributed by atoms with van der Waals surface area (Å²) < 4.78 is 6.51. The van der Waals surface area contributed by atoms with Gasteiger partial charge in [0, 0.05) is 12.2 Å². The number of amides is 1. The van der Waals surface area contributed by atoms with E-state index in [1.165, 1.54) is 30.9 Å². The zero-order chi connectivity index (χ0) is 15.2. The maximum atomic E-state index is 12.5. The van der Waals surface area contributed by atoms with Crippen LogP contribution >= 0.6 is 0 Å². The molecule has 1 aliphatic carbocycles. The van der Waals surface area contributed by atoms with Gasteiger partial charge in [0.1, 0.15) is 6.04 Å². The number of carbonyl (C=O) groups is 1. The van der Waals surface area contributed by atoms with Crippen LogP contribution in [0, 0.1) is 0 Å². The summed E-state index contributed by atoms with van der Waals surface area (Å²) in [6, 6.07) is 3.12. The standard InChI is InChI=1S/C16H24N2O3/c1-3-13(15(19)17-12-8-5-4-6-9-12)18-11-7-10-14(21-2)16(18)20/h7,10-13H,3-6,8-9H2,1-2H3,(H,17,19). The van der Waals surface area contributed by atoms with Crippen LogP contribution in [0.25, 0.3) is 0 Å². The highest BCUT2D eigenvalue weighted by atomic mass is 16.5. The summed E-state index contributed by atoms with van der Waals surface area (Å²) in [7, 11) is 1.46. The topological polar surface area (TPSA) is 60.3 Å². The highest BCUT2D eigenvalue weighted by Crippen LogP contribution is 2.19. The smallest absolute Gasteiger partial charge is 0.293 e. The summed E-state index contributed by atoms with van der Waals surface area (Å²) in [5.74, 6) is 0.196. The van der Waals surface area contributed by atoms with Crippen LogP contribution in [-0.4, -0.2) is 23.6 Å². The molecule has 1 saturated carbocycles. The Morgan fingerprint density at radius 3 is 2.76 bits per heavy atom. The minimum absolute atomic E-state index is 0.0697. The van der Waals surface area contributed by atoms with E-state index < -0.39 is 6.04 Å². The molecule has 0 aromatic carbocycles. The number of nitrogens with zero attached hydrogens (tertiary/aromatic N) is 1. The van der Waals surface area contributed by atoms with E-state index in [0.717, 1.165) is 12.8 Å². The molecule has 21 heavy (non-hydrogen) atoms. The minimum Gasteiger partial charge on any atom is -0.491 e. The van der Waals surface area contributed by atoms with Crippen molar-refractivity contribution in [1.29, 1.82) is 0 Å². The number of carbonyl (C=O) groups excluding carboxylic acids is 1. The van der Waals surface area contributed by atoms with E-state index in [9.17, 15) is 9.59 Å². The summed E-state index contributed by atoms with van der Waals surface area (Å²) in [5.41, 5.74) is -0.259. The SMILES string of the molecule is CCC(C(=O)NC1CCCCC1)n1cccc(OC)c1=O. The Kier molecular flexibility index (Phi) is 5.42. The van der Waals surface area contributed by atoms with Gasteiger partial charge in [0.15, 0.2) is 5.75 Å². The number of ether oxygens (including phenoxy) is 1. The predicted octanol–water partition coefficient (Wildman–Crippen LogP) is 2.26. The van der Waals surface area contributed by atoms with Crippen molar-refractivity contribution in [3.63, 3.8) is 0 Å². The maximum Gasteiger partial charge on any atom is 0.293 e. The average Bonchev–Trinajstić information content (AvgIpc) is 2.50. The molecule has 1 fully saturated rings. The van der Waals surface area contributed by atoms with E-state index in [1.54, 1.807) is 18.3 Å². The van der Waals surface area contributed by atoms with Crippen molar-refractivity contribution in [3.8, 4) is 5.75 Å². The van der Waals surface area contributed by atoms with Crippen LogP contribution in [0.2, 0.25) is 0 Å². The number of hydrogen-bond acceptors (Lipinski definition) is 3. The van der Waals surface area contributed by atoms with Crippen LogP contribution < -0.4 is 15.6 Å². The second-order valence-electron chi connectivity index (χ2n) is 5.56. The van der Waals surface area contributed by atoms with Gasteiger partial charge in [-0.1, -0.05) is 26.2 Å². The Morgan fingerprint density at radius 1 is 1.43 bits per heavy atom. The van der Waals surface area contributed by atoms with Gasteiger partial charge in [-0.15, -0.1) is 0 Å². The first-order valence-corrected chi connectivity index (χ1v) is 7.73. The number of hydrogen-bond donors (Lipinski definition) is 1. The molecule has 0 radical (unpaired) electrons. The summed E-state index contributed by atoms with van der Waals surface area (Å²) in [6.07, 6.45) is 7.88. The Balaban J connectivity index is 2.15. The number of pyridine rings is 1. The summed E-state index contributed by atoms with van der Waals surface area (Å²) in [5, 5.41) is 3.09. The summed E-state index contributed by atoms with van der Waals surface area (Å²) in [6.45, 7) is 1.91. The minimum atomic E-state index is -0.477. The van der Waals surface area contributed by atoms with Crippen molar-refractivity contribution in [3.05, 3.63) is 28.7 Å². The van der Waals surface area contributed by atoms with Gasteiger partial charge in [0.25, 0.3) is 5.56 Å². The molecule has 1 N–H and O–H groups in total. The fraction of sp³-hybridized carbons (Fsp3) is 0.625. The van der Waals surface area contributed by atoms with E-state index in [-0.39, 0.29) is 23.3 Å². The molecular formula is C16H24N2O3. The maximum absolute atomic E-state index is 12.5. The number of nitrogens with one attached hydrogen (secondary N) is 1. The van der Waals surface area contributed by atoms with Gasteiger partial charge < -0.3 is 10.1 Å². The molecular weight excluding hydrogens is 268 g/mol. The lowest BCUT2D eigenvalue weighted by Crippen LogP contribution is -2.42. The van der Waals surface area contributed by atoms with E-state index in [1.807, 2.05) is 6.92 Å². The summed E-state index contributed by atoms with van der Waals surface area (Å²) in [4.78, 5) is 24.7. The van der Waals surface area contributed by atoms with Gasteiger partial charge in [0.05, 0.1) is 7.11 Å². The summed E-state index contributed by atoms with van der Waals surface area (Å²) >= 11 is 0. The van der Waals surface area contributed by atoms with Crippen molar-refractivity contribution in [2.45, 2.75) is 57.5 Å². The van der Waals surface area contributed by atoms with Crippen molar-refractivity contribution < 1.29 is 9.53 Å². The molecule has 1 unspecified atom stereocenters. The molecule has 0 bridgehead atoms. The molecule has 1 amide bonds. The second-order valence-corrected chi connectivity index (χ2v) is 5.56. The largest absolute Gasteiger partial charge is 0.491 e. The third-order valence-electron chi connectivity index (χ3n) is 4.14. The molecule has 1 heterocycles. The molecule has 5 heteroatoms. The normalized spacial score (nSPS) is 17.2. The molecule has 1 aliphatic rings. The zero-order valence-corrected chi connectivity index (χ0v) is 12.8.